The van der Waals surface area contributed by atoms with Crippen LogP contribution >= 0.6 is 0 Å². The van der Waals surface area contributed by atoms with Crippen molar-refractivity contribution in [1.29, 1.82) is 0 Å². The van der Waals surface area contributed by atoms with Gasteiger partial charge in [-0.05, 0) is 11.1 Å². The molecule has 0 bridgehead atoms. The van der Waals surface area contributed by atoms with Crippen molar-refractivity contribution in [3.63, 3.8) is 0 Å². The van der Waals surface area contributed by atoms with Crippen molar-refractivity contribution < 1.29 is 0 Å². The van der Waals surface area contributed by atoms with Crippen LogP contribution in [0.2, 0.25) is 0 Å². The Kier molecular flexibility index (Phi) is 2.86. The van der Waals surface area contributed by atoms with Crippen LogP contribution in [-0.4, -0.2) is 14.6 Å². The smallest absolute Gasteiger partial charge is 0.280 e. The zero-order valence-corrected chi connectivity index (χ0v) is 11.7. The molecule has 106 valence electrons. The number of hydrogen-bond acceptors (Lipinski definition) is 2. The quantitative estimate of drug-likeness (QED) is 0.614. The summed E-state index contributed by atoms with van der Waals surface area (Å²) in [6.45, 7) is 0. The van der Waals surface area contributed by atoms with Crippen LogP contribution < -0.4 is 5.56 Å². The number of hydrogen-bond donors (Lipinski definition) is 1. The molecule has 0 amide bonds. The zero-order valence-electron chi connectivity index (χ0n) is 11.7. The highest BCUT2D eigenvalue weighted by Gasteiger charge is 2.12. The Labute approximate surface area is 126 Å². The maximum atomic E-state index is 12.7. The van der Waals surface area contributed by atoms with Crippen LogP contribution in [0.4, 0.5) is 0 Å². The summed E-state index contributed by atoms with van der Waals surface area (Å²) < 4.78 is 1.49. The molecule has 4 aromatic rings. The molecule has 0 saturated carbocycles. The summed E-state index contributed by atoms with van der Waals surface area (Å²) in [6.07, 6.45) is 3.46. The Hall–Kier alpha value is -3.14. The lowest BCUT2D eigenvalue weighted by atomic mass is 10.1. The highest BCUT2D eigenvalue weighted by atomic mass is 16.1. The SMILES string of the molecule is O=c1c(-c2ccccc2)cnc2c(-c3ccccc3)c[nH]n12. The molecule has 4 nitrogen and oxygen atoms in total. The highest BCUT2D eigenvalue weighted by molar-refractivity contribution is 5.77. The van der Waals surface area contributed by atoms with Crippen molar-refractivity contribution >= 4 is 5.65 Å². The van der Waals surface area contributed by atoms with Gasteiger partial charge in [0.1, 0.15) is 0 Å². The van der Waals surface area contributed by atoms with Gasteiger partial charge in [-0.3, -0.25) is 9.89 Å². The monoisotopic (exact) mass is 287 g/mol. The largest absolute Gasteiger partial charge is 0.296 e. The molecule has 2 aromatic heterocycles. The van der Waals surface area contributed by atoms with Gasteiger partial charge in [-0.1, -0.05) is 60.7 Å². The van der Waals surface area contributed by atoms with E-state index in [4.69, 9.17) is 0 Å². The Morgan fingerprint density at radius 1 is 0.818 bits per heavy atom. The van der Waals surface area contributed by atoms with Crippen molar-refractivity contribution in [2.45, 2.75) is 0 Å². The second kappa shape index (κ2) is 5.00. The molecule has 22 heavy (non-hydrogen) atoms. The molecule has 4 rings (SSSR count). The van der Waals surface area contributed by atoms with Crippen LogP contribution in [0.3, 0.4) is 0 Å². The van der Waals surface area contributed by atoms with Gasteiger partial charge in [0.15, 0.2) is 5.65 Å². The standard InChI is InChI=1S/C18H13N3O/c22-18-16(14-9-5-2-6-10-14)11-19-17-15(12-20-21(17)18)13-7-3-1-4-8-13/h1-12,20H. The molecule has 0 saturated heterocycles. The van der Waals surface area contributed by atoms with Crippen LogP contribution in [0.1, 0.15) is 0 Å². The van der Waals surface area contributed by atoms with Crippen molar-refractivity contribution in [3.05, 3.63) is 83.4 Å². The molecule has 1 N–H and O–H groups in total. The second-order valence-corrected chi connectivity index (χ2v) is 5.06. The minimum atomic E-state index is -0.0987. The third-order valence-electron chi connectivity index (χ3n) is 3.71. The molecule has 0 fully saturated rings. The van der Waals surface area contributed by atoms with Gasteiger partial charge in [0, 0.05) is 18.0 Å². The molecule has 0 aliphatic carbocycles. The van der Waals surface area contributed by atoms with Crippen LogP contribution in [-0.2, 0) is 0 Å². The van der Waals surface area contributed by atoms with Gasteiger partial charge in [0.05, 0.1) is 5.56 Å². The van der Waals surface area contributed by atoms with E-state index in [0.717, 1.165) is 16.7 Å². The van der Waals surface area contributed by atoms with Crippen molar-refractivity contribution in [3.8, 4) is 22.3 Å². The van der Waals surface area contributed by atoms with Crippen LogP contribution in [0, 0.1) is 0 Å². The van der Waals surface area contributed by atoms with E-state index in [1.165, 1.54) is 4.52 Å². The van der Waals surface area contributed by atoms with Gasteiger partial charge < -0.3 is 0 Å². The third kappa shape index (κ3) is 1.93. The number of H-pyrrole nitrogens is 1. The van der Waals surface area contributed by atoms with E-state index in [0.29, 0.717) is 11.2 Å². The number of nitrogens with zero attached hydrogens (tertiary/aromatic N) is 2. The summed E-state index contributed by atoms with van der Waals surface area (Å²) in [4.78, 5) is 17.2. The first-order chi connectivity index (χ1) is 10.8. The molecule has 0 radical (unpaired) electrons. The van der Waals surface area contributed by atoms with Gasteiger partial charge in [0.25, 0.3) is 5.56 Å². The number of benzene rings is 2. The summed E-state index contributed by atoms with van der Waals surface area (Å²) in [7, 11) is 0. The topological polar surface area (TPSA) is 50.2 Å². The molecule has 0 atom stereocenters. The number of rotatable bonds is 2. The van der Waals surface area contributed by atoms with Crippen LogP contribution in [0.15, 0.2) is 77.9 Å². The number of fused-ring (bicyclic) bond motifs is 1. The lowest BCUT2D eigenvalue weighted by Gasteiger charge is -2.02. The maximum absolute atomic E-state index is 12.7. The summed E-state index contributed by atoms with van der Waals surface area (Å²) >= 11 is 0. The van der Waals surface area contributed by atoms with Crippen LogP contribution in [0.5, 0.6) is 0 Å². The summed E-state index contributed by atoms with van der Waals surface area (Å²) in [5, 5.41) is 3.01. The molecule has 2 aromatic carbocycles. The van der Waals surface area contributed by atoms with Crippen molar-refractivity contribution in [2.75, 3.05) is 0 Å². The zero-order chi connectivity index (χ0) is 14.9. The third-order valence-corrected chi connectivity index (χ3v) is 3.71. The number of aromatic nitrogens is 3. The number of aromatic amines is 1. The van der Waals surface area contributed by atoms with Gasteiger partial charge in [-0.25, -0.2) is 9.50 Å². The average molecular weight is 287 g/mol. The second-order valence-electron chi connectivity index (χ2n) is 5.06. The maximum Gasteiger partial charge on any atom is 0.280 e. The Bertz CT molecular complexity index is 985. The Morgan fingerprint density at radius 2 is 1.41 bits per heavy atom. The van der Waals surface area contributed by atoms with Gasteiger partial charge in [-0.15, -0.1) is 0 Å². The average Bonchev–Trinajstić information content (AvgIpc) is 3.02. The van der Waals surface area contributed by atoms with E-state index in [9.17, 15) is 4.79 Å². The molecular weight excluding hydrogens is 274 g/mol. The van der Waals surface area contributed by atoms with Gasteiger partial charge in [-0.2, -0.15) is 0 Å². The lowest BCUT2D eigenvalue weighted by molar-refractivity contribution is 0.902. The molecular formula is C18H13N3O. The van der Waals surface area contributed by atoms with Crippen molar-refractivity contribution in [1.82, 2.24) is 14.6 Å². The van der Waals surface area contributed by atoms with E-state index in [2.05, 4.69) is 10.1 Å². The fraction of sp³-hybridized carbons (Fsp3) is 0. The molecule has 4 heteroatoms. The predicted octanol–water partition coefficient (Wildman–Crippen LogP) is 3.36. The van der Waals surface area contributed by atoms with E-state index in [1.54, 1.807) is 6.20 Å². The van der Waals surface area contributed by atoms with E-state index in [-0.39, 0.29) is 5.56 Å². The Morgan fingerprint density at radius 3 is 2.05 bits per heavy atom. The minimum Gasteiger partial charge on any atom is -0.296 e. The van der Waals surface area contributed by atoms with E-state index >= 15 is 0 Å². The summed E-state index contributed by atoms with van der Waals surface area (Å²) in [5.41, 5.74) is 3.93. The first-order valence-corrected chi connectivity index (χ1v) is 7.04. The molecule has 0 unspecified atom stereocenters. The fourth-order valence-electron chi connectivity index (χ4n) is 2.60. The normalized spacial score (nSPS) is 10.9. The summed E-state index contributed by atoms with van der Waals surface area (Å²) in [6, 6.07) is 19.5. The van der Waals surface area contributed by atoms with Crippen molar-refractivity contribution in [2.24, 2.45) is 0 Å². The highest BCUT2D eigenvalue weighted by Crippen LogP contribution is 2.23. The molecule has 0 aliphatic rings. The Balaban J connectivity index is 1.94. The van der Waals surface area contributed by atoms with Crippen LogP contribution in [0.25, 0.3) is 27.9 Å². The number of nitrogens with one attached hydrogen (secondary N) is 1. The molecule has 0 spiro atoms. The van der Waals surface area contributed by atoms with E-state index < -0.39 is 0 Å². The van der Waals surface area contributed by atoms with Gasteiger partial charge in [0.2, 0.25) is 0 Å². The van der Waals surface area contributed by atoms with E-state index in [1.807, 2.05) is 66.9 Å². The van der Waals surface area contributed by atoms with Gasteiger partial charge >= 0.3 is 0 Å². The first-order valence-electron chi connectivity index (χ1n) is 7.04. The first kappa shape index (κ1) is 12.6. The predicted molar refractivity (Wildman–Crippen MR) is 86.7 cm³/mol. The lowest BCUT2D eigenvalue weighted by Crippen LogP contribution is -2.16. The molecule has 2 heterocycles. The summed E-state index contributed by atoms with van der Waals surface area (Å²) in [5.74, 6) is 0. The molecule has 0 aliphatic heterocycles. The minimum absolute atomic E-state index is 0.0987. The fourth-order valence-corrected chi connectivity index (χ4v) is 2.60.